The molecule has 0 aliphatic carbocycles. The highest BCUT2D eigenvalue weighted by molar-refractivity contribution is 7.92. The maximum absolute atomic E-state index is 13.7. The van der Waals surface area contributed by atoms with Crippen LogP contribution in [0.25, 0.3) is 0 Å². The van der Waals surface area contributed by atoms with E-state index in [1.54, 1.807) is 6.92 Å². The zero-order valence-electron chi connectivity index (χ0n) is 25.2. The molecule has 0 saturated carbocycles. The molecule has 14 heteroatoms. The molecule has 3 rings (SSSR count). The van der Waals surface area contributed by atoms with E-state index >= 15 is 0 Å². The predicted molar refractivity (Wildman–Crippen MR) is 164 cm³/mol. The molecule has 0 aromatic heterocycles. The zero-order valence-corrected chi connectivity index (χ0v) is 26.1. The monoisotopic (exact) mass is 649 g/mol. The number of aliphatic hydroxyl groups excluding tert-OH is 2. The molecular formula is C31H37F2N3O8S. The number of hydrogen-bond acceptors (Lipinski definition) is 8. The summed E-state index contributed by atoms with van der Waals surface area (Å²) in [6.45, 7) is 0.871. The summed E-state index contributed by atoms with van der Waals surface area (Å²) >= 11 is 0. The minimum absolute atomic E-state index is 0.0146. The summed E-state index contributed by atoms with van der Waals surface area (Å²) in [5.41, 5.74) is 0.700. The first-order valence-corrected chi connectivity index (χ1v) is 15.7. The van der Waals surface area contributed by atoms with Crippen LogP contribution in [0.1, 0.15) is 45.7 Å². The van der Waals surface area contributed by atoms with E-state index in [1.807, 2.05) is 30.3 Å². The Morgan fingerprint density at radius 1 is 0.956 bits per heavy atom. The van der Waals surface area contributed by atoms with Crippen molar-refractivity contribution < 1.29 is 46.5 Å². The summed E-state index contributed by atoms with van der Waals surface area (Å²) < 4.78 is 63.6. The second-order valence-electron chi connectivity index (χ2n) is 10.4. The number of carbonyl (C=O) groups is 2. The van der Waals surface area contributed by atoms with Gasteiger partial charge >= 0.3 is 0 Å². The molecule has 0 fully saturated rings. The summed E-state index contributed by atoms with van der Waals surface area (Å²) in [6, 6.07) is 13.8. The predicted octanol–water partition coefficient (Wildman–Crippen LogP) is 2.79. The van der Waals surface area contributed by atoms with Crippen LogP contribution in [-0.4, -0.2) is 82.3 Å². The quantitative estimate of drug-likeness (QED) is 0.196. The molecule has 0 spiro atoms. The molecule has 0 bridgehead atoms. The van der Waals surface area contributed by atoms with E-state index in [4.69, 9.17) is 9.47 Å². The van der Waals surface area contributed by atoms with Gasteiger partial charge in [-0.25, -0.2) is 17.2 Å². The fourth-order valence-electron chi connectivity index (χ4n) is 4.33. The SMILES string of the molecule is CO[C@@H](CO)C[C@H](O)[C@H](COc1cc(F)cc(F)c1)NC(=O)c1cc(C(=O)N[C@H](C)c2ccccc2)cc(N(C)S(C)(=O)=O)c1. The number of aliphatic hydroxyl groups is 2. The number of halogens is 2. The Bertz CT molecular complexity index is 1550. The molecule has 11 nitrogen and oxygen atoms in total. The lowest BCUT2D eigenvalue weighted by Crippen LogP contribution is -2.48. The maximum Gasteiger partial charge on any atom is 0.251 e. The molecule has 0 unspecified atom stereocenters. The van der Waals surface area contributed by atoms with Gasteiger partial charge in [-0.1, -0.05) is 30.3 Å². The lowest BCUT2D eigenvalue weighted by Gasteiger charge is -2.27. The fraction of sp³-hybridized carbons (Fsp3) is 0.355. The van der Waals surface area contributed by atoms with Gasteiger partial charge in [0.1, 0.15) is 24.0 Å². The van der Waals surface area contributed by atoms with Crippen LogP contribution in [0.3, 0.4) is 0 Å². The van der Waals surface area contributed by atoms with Crippen molar-refractivity contribution in [3.8, 4) is 5.75 Å². The normalized spacial score (nSPS) is 14.1. The molecule has 0 heterocycles. The summed E-state index contributed by atoms with van der Waals surface area (Å²) in [5.74, 6) is -3.40. The van der Waals surface area contributed by atoms with Crippen molar-refractivity contribution in [2.24, 2.45) is 0 Å². The minimum Gasteiger partial charge on any atom is -0.491 e. The first-order valence-electron chi connectivity index (χ1n) is 13.9. The van der Waals surface area contributed by atoms with Crippen molar-refractivity contribution in [3.63, 3.8) is 0 Å². The van der Waals surface area contributed by atoms with Crippen LogP contribution in [0.5, 0.6) is 5.75 Å². The highest BCUT2D eigenvalue weighted by Gasteiger charge is 2.27. The van der Waals surface area contributed by atoms with Gasteiger partial charge in [-0.3, -0.25) is 13.9 Å². The average molecular weight is 650 g/mol. The number of rotatable bonds is 15. The summed E-state index contributed by atoms with van der Waals surface area (Å²) in [6.07, 6.45) is -1.37. The third-order valence-electron chi connectivity index (χ3n) is 7.04. The highest BCUT2D eigenvalue weighted by Crippen LogP contribution is 2.23. The Morgan fingerprint density at radius 2 is 1.53 bits per heavy atom. The molecule has 3 aromatic carbocycles. The van der Waals surface area contributed by atoms with Gasteiger partial charge in [-0.15, -0.1) is 0 Å². The Morgan fingerprint density at radius 3 is 2.07 bits per heavy atom. The zero-order chi connectivity index (χ0) is 33.3. The number of nitrogens with one attached hydrogen (secondary N) is 2. The van der Waals surface area contributed by atoms with Gasteiger partial charge in [-0.2, -0.15) is 0 Å². The molecule has 2 amide bonds. The van der Waals surface area contributed by atoms with Crippen LogP contribution < -0.4 is 19.7 Å². The molecule has 3 aromatic rings. The van der Waals surface area contributed by atoms with Crippen molar-refractivity contribution in [2.75, 3.05) is 37.9 Å². The van der Waals surface area contributed by atoms with Gasteiger partial charge in [0.25, 0.3) is 11.8 Å². The van der Waals surface area contributed by atoms with Crippen LogP contribution in [0.2, 0.25) is 0 Å². The third-order valence-corrected chi connectivity index (χ3v) is 8.24. The van der Waals surface area contributed by atoms with E-state index in [2.05, 4.69) is 10.6 Å². The van der Waals surface area contributed by atoms with Crippen LogP contribution in [0.15, 0.2) is 66.7 Å². The van der Waals surface area contributed by atoms with Gasteiger partial charge in [0.05, 0.1) is 42.8 Å². The number of benzene rings is 3. The largest absolute Gasteiger partial charge is 0.491 e. The van der Waals surface area contributed by atoms with E-state index in [1.165, 1.54) is 32.4 Å². The fourth-order valence-corrected chi connectivity index (χ4v) is 4.82. The average Bonchev–Trinajstić information content (AvgIpc) is 3.00. The van der Waals surface area contributed by atoms with Gasteiger partial charge in [-0.05, 0) is 30.7 Å². The highest BCUT2D eigenvalue weighted by atomic mass is 32.2. The molecule has 244 valence electrons. The lowest BCUT2D eigenvalue weighted by atomic mass is 10.0. The third kappa shape index (κ3) is 10.2. The number of anilines is 1. The van der Waals surface area contributed by atoms with Crippen molar-refractivity contribution in [1.29, 1.82) is 0 Å². The molecule has 4 atom stereocenters. The van der Waals surface area contributed by atoms with Gasteiger partial charge in [0, 0.05) is 49.9 Å². The number of methoxy groups -OCH3 is 1. The van der Waals surface area contributed by atoms with E-state index in [0.717, 1.165) is 28.3 Å². The molecular weight excluding hydrogens is 612 g/mol. The van der Waals surface area contributed by atoms with Crippen LogP contribution >= 0.6 is 0 Å². The van der Waals surface area contributed by atoms with Gasteiger partial charge in [0.15, 0.2) is 0 Å². The molecule has 0 aliphatic heterocycles. The molecule has 4 N–H and O–H groups in total. The van der Waals surface area contributed by atoms with Crippen LogP contribution in [0.4, 0.5) is 14.5 Å². The molecule has 0 radical (unpaired) electrons. The van der Waals surface area contributed by atoms with Crippen molar-refractivity contribution in [1.82, 2.24) is 10.6 Å². The number of ether oxygens (including phenoxy) is 2. The second kappa shape index (κ2) is 15.8. The molecule has 0 aliphatic rings. The van der Waals surface area contributed by atoms with E-state index < -0.39 is 71.0 Å². The molecule has 45 heavy (non-hydrogen) atoms. The van der Waals surface area contributed by atoms with Gasteiger partial charge < -0.3 is 30.3 Å². The first-order chi connectivity index (χ1) is 21.2. The lowest BCUT2D eigenvalue weighted by molar-refractivity contribution is -0.00501. The van der Waals surface area contributed by atoms with Crippen LogP contribution in [-0.2, 0) is 14.8 Å². The van der Waals surface area contributed by atoms with Crippen molar-refractivity contribution in [2.45, 2.75) is 37.6 Å². The van der Waals surface area contributed by atoms with Crippen LogP contribution in [0, 0.1) is 11.6 Å². The number of hydrogen-bond donors (Lipinski definition) is 4. The topological polar surface area (TPSA) is 154 Å². The second-order valence-corrected chi connectivity index (χ2v) is 12.5. The van der Waals surface area contributed by atoms with Crippen molar-refractivity contribution >= 4 is 27.5 Å². The smallest absolute Gasteiger partial charge is 0.251 e. The minimum atomic E-state index is -3.80. The number of sulfonamides is 1. The number of nitrogens with zero attached hydrogens (tertiary/aromatic N) is 1. The Balaban J connectivity index is 1.94. The Kier molecular flexibility index (Phi) is 12.4. The van der Waals surface area contributed by atoms with E-state index in [0.29, 0.717) is 6.07 Å². The first kappa shape index (κ1) is 35.4. The van der Waals surface area contributed by atoms with E-state index in [9.17, 15) is 37.0 Å². The van der Waals surface area contributed by atoms with Gasteiger partial charge in [0.2, 0.25) is 10.0 Å². The Hall–Kier alpha value is -4.11. The van der Waals surface area contributed by atoms with Crippen molar-refractivity contribution in [3.05, 3.63) is 95.1 Å². The summed E-state index contributed by atoms with van der Waals surface area (Å²) in [7, 11) is -1.21. The molecule has 0 saturated heterocycles. The maximum atomic E-state index is 13.7. The standard InChI is InChI=1S/C31H37F2N3O8S/c1-19(20-8-6-5-7-9-20)34-30(39)21-10-22(12-25(11-21)36(2)45(4,41)42)31(40)35-28(29(38)16-27(17-37)43-3)18-44-26-14-23(32)13-24(33)15-26/h5-15,19,27-29,37-38H,16-18H2,1-4H3,(H,34,39)(H,35,40)/t19-,27-,28+,29+/m1/s1. The Labute approximate surface area is 260 Å². The van der Waals surface area contributed by atoms with E-state index in [-0.39, 0.29) is 29.0 Å². The summed E-state index contributed by atoms with van der Waals surface area (Å²) in [5, 5.41) is 25.9. The number of carbonyl (C=O) groups excluding carboxylic acids is 2. The number of amides is 2. The summed E-state index contributed by atoms with van der Waals surface area (Å²) in [4.78, 5) is 26.9.